The highest BCUT2D eigenvalue weighted by Crippen LogP contribution is 2.33. The van der Waals surface area contributed by atoms with Crippen LogP contribution in [0.3, 0.4) is 0 Å². The van der Waals surface area contributed by atoms with Crippen LogP contribution < -0.4 is 5.32 Å². The number of hydrogen-bond donors (Lipinski definition) is 1. The zero-order valence-electron chi connectivity index (χ0n) is 12.9. The molecule has 1 aromatic carbocycles. The molecule has 2 rings (SSSR count). The largest absolute Gasteiger partial charge is 0.416 e. The summed E-state index contributed by atoms with van der Waals surface area (Å²) in [5, 5.41) is 13.7. The summed E-state index contributed by atoms with van der Waals surface area (Å²) in [6.07, 6.45) is -3.37. The van der Waals surface area contributed by atoms with Crippen molar-refractivity contribution in [3.05, 3.63) is 39.4 Å². The number of halogens is 3. The van der Waals surface area contributed by atoms with E-state index in [2.05, 4.69) is 5.32 Å². The predicted octanol–water partition coefficient (Wildman–Crippen LogP) is 3.16. The van der Waals surface area contributed by atoms with Crippen molar-refractivity contribution in [2.45, 2.75) is 32.0 Å². The molecule has 1 saturated heterocycles. The number of carbonyl (C=O) groups is 1. The Bertz CT molecular complexity index is 628. The highest BCUT2D eigenvalue weighted by Gasteiger charge is 2.34. The summed E-state index contributed by atoms with van der Waals surface area (Å²) in [7, 11) is 0. The maximum Gasteiger partial charge on any atom is 0.416 e. The number of hydrogen-bond acceptors (Lipinski definition) is 4. The molecule has 0 aromatic heterocycles. The first kappa shape index (κ1) is 18.2. The molecule has 1 heterocycles. The van der Waals surface area contributed by atoms with Crippen LogP contribution in [-0.4, -0.2) is 30.1 Å². The van der Waals surface area contributed by atoms with Crippen molar-refractivity contribution >= 4 is 11.6 Å². The summed E-state index contributed by atoms with van der Waals surface area (Å²) in [6.45, 7) is 2.91. The molecule has 1 aliphatic rings. The summed E-state index contributed by atoms with van der Waals surface area (Å²) in [6, 6.07) is 1.64. The fourth-order valence-electron chi connectivity index (χ4n) is 2.72. The Morgan fingerprint density at radius 3 is 2.71 bits per heavy atom. The van der Waals surface area contributed by atoms with Gasteiger partial charge in [-0.15, -0.1) is 0 Å². The van der Waals surface area contributed by atoms with Crippen LogP contribution in [0, 0.1) is 16.0 Å². The lowest BCUT2D eigenvalue weighted by molar-refractivity contribution is -0.385. The zero-order chi connectivity index (χ0) is 17.9. The molecule has 2 atom stereocenters. The second-order valence-corrected chi connectivity index (χ2v) is 5.60. The monoisotopic (exact) mass is 346 g/mol. The Morgan fingerprint density at radius 1 is 1.50 bits per heavy atom. The molecule has 0 spiro atoms. The van der Waals surface area contributed by atoms with Crippen molar-refractivity contribution in [2.24, 2.45) is 5.92 Å². The molecule has 0 unspecified atom stereocenters. The average molecular weight is 346 g/mol. The summed E-state index contributed by atoms with van der Waals surface area (Å²) < 4.78 is 43.3. The molecule has 24 heavy (non-hydrogen) atoms. The maximum absolute atomic E-state index is 12.7. The fraction of sp³-hybridized carbons (Fsp3) is 0.533. The van der Waals surface area contributed by atoms with Gasteiger partial charge in [-0.25, -0.2) is 0 Å². The SMILES string of the molecule is CC[C@@H](NC(=O)c1ccc(C(F)(F)F)cc1[N+](=O)[O-])[C@@H]1CCOC1. The number of alkyl halides is 3. The summed E-state index contributed by atoms with van der Waals surface area (Å²) in [5.41, 5.74) is -2.41. The molecule has 132 valence electrons. The highest BCUT2D eigenvalue weighted by atomic mass is 19.4. The molecule has 0 bridgehead atoms. The van der Waals surface area contributed by atoms with E-state index >= 15 is 0 Å². The van der Waals surface area contributed by atoms with Gasteiger partial charge in [-0.05, 0) is 25.0 Å². The molecule has 1 aliphatic heterocycles. The third-order valence-corrected chi connectivity index (χ3v) is 4.06. The summed E-state index contributed by atoms with van der Waals surface area (Å²) in [4.78, 5) is 22.4. The van der Waals surface area contributed by atoms with Gasteiger partial charge in [0.25, 0.3) is 11.6 Å². The van der Waals surface area contributed by atoms with Crippen LogP contribution >= 0.6 is 0 Å². The summed E-state index contributed by atoms with van der Waals surface area (Å²) in [5.74, 6) is -0.665. The number of nitrogens with zero attached hydrogens (tertiary/aromatic N) is 1. The molecule has 6 nitrogen and oxygen atoms in total. The molecule has 1 aromatic rings. The lowest BCUT2D eigenvalue weighted by Gasteiger charge is -2.22. The van der Waals surface area contributed by atoms with E-state index in [1.807, 2.05) is 6.92 Å². The molecule has 9 heteroatoms. The number of carbonyl (C=O) groups excluding carboxylic acids is 1. The van der Waals surface area contributed by atoms with Crippen LogP contribution in [0.5, 0.6) is 0 Å². The smallest absolute Gasteiger partial charge is 0.381 e. The number of nitro groups is 1. The molecular weight excluding hydrogens is 329 g/mol. The van der Waals surface area contributed by atoms with Crippen molar-refractivity contribution in [2.75, 3.05) is 13.2 Å². The van der Waals surface area contributed by atoms with Gasteiger partial charge in [0.05, 0.1) is 17.1 Å². The van der Waals surface area contributed by atoms with Crippen LogP contribution in [0.25, 0.3) is 0 Å². The number of benzene rings is 1. The molecule has 1 amide bonds. The molecular formula is C15H17F3N2O4. The van der Waals surface area contributed by atoms with Crippen LogP contribution in [0.4, 0.5) is 18.9 Å². The quantitative estimate of drug-likeness (QED) is 0.656. The molecule has 0 saturated carbocycles. The number of rotatable bonds is 5. The van der Waals surface area contributed by atoms with Gasteiger partial charge in [0.2, 0.25) is 0 Å². The van der Waals surface area contributed by atoms with E-state index in [1.54, 1.807) is 0 Å². The lowest BCUT2D eigenvalue weighted by atomic mass is 9.96. The highest BCUT2D eigenvalue weighted by molar-refractivity contribution is 5.98. The number of ether oxygens (including phenoxy) is 1. The first-order valence-corrected chi connectivity index (χ1v) is 7.48. The minimum atomic E-state index is -4.72. The minimum Gasteiger partial charge on any atom is -0.381 e. The van der Waals surface area contributed by atoms with Crippen LogP contribution in [0.2, 0.25) is 0 Å². The maximum atomic E-state index is 12.7. The van der Waals surface area contributed by atoms with Crippen molar-refractivity contribution in [3.63, 3.8) is 0 Å². The Balaban J connectivity index is 2.26. The van der Waals surface area contributed by atoms with E-state index in [0.29, 0.717) is 31.8 Å². The van der Waals surface area contributed by atoms with Crippen LogP contribution in [0.15, 0.2) is 18.2 Å². The van der Waals surface area contributed by atoms with E-state index in [1.165, 1.54) is 0 Å². The van der Waals surface area contributed by atoms with E-state index in [0.717, 1.165) is 12.5 Å². The standard InChI is InChI=1S/C15H17F3N2O4/c1-2-12(9-5-6-24-8-9)19-14(21)11-4-3-10(15(16,17)18)7-13(11)20(22)23/h3-4,7,9,12H,2,5-6,8H2,1H3,(H,19,21)/t9-,12-/m1/s1. The predicted molar refractivity (Wildman–Crippen MR) is 78.6 cm³/mol. The van der Waals surface area contributed by atoms with Crippen LogP contribution in [-0.2, 0) is 10.9 Å². The van der Waals surface area contributed by atoms with Crippen molar-refractivity contribution in [1.29, 1.82) is 0 Å². The van der Waals surface area contributed by atoms with Gasteiger partial charge in [-0.2, -0.15) is 13.2 Å². The summed E-state index contributed by atoms with van der Waals surface area (Å²) >= 11 is 0. The van der Waals surface area contributed by atoms with E-state index in [9.17, 15) is 28.1 Å². The van der Waals surface area contributed by atoms with Gasteiger partial charge < -0.3 is 10.1 Å². The van der Waals surface area contributed by atoms with E-state index < -0.39 is 28.3 Å². The first-order valence-electron chi connectivity index (χ1n) is 7.48. The van der Waals surface area contributed by atoms with Gasteiger partial charge in [0.15, 0.2) is 0 Å². The first-order chi connectivity index (χ1) is 11.2. The molecule has 1 N–H and O–H groups in total. The average Bonchev–Trinajstić information content (AvgIpc) is 3.05. The number of nitro benzene ring substituents is 1. The number of amides is 1. The van der Waals surface area contributed by atoms with Crippen molar-refractivity contribution in [1.82, 2.24) is 5.32 Å². The van der Waals surface area contributed by atoms with Crippen LogP contribution in [0.1, 0.15) is 35.7 Å². The van der Waals surface area contributed by atoms with Gasteiger partial charge in [0.1, 0.15) is 5.56 Å². The molecule has 1 fully saturated rings. The lowest BCUT2D eigenvalue weighted by Crippen LogP contribution is -2.40. The number of nitrogens with one attached hydrogen (secondary N) is 1. The molecule has 0 aliphatic carbocycles. The second-order valence-electron chi connectivity index (χ2n) is 5.60. The van der Waals surface area contributed by atoms with E-state index in [-0.39, 0.29) is 17.5 Å². The Kier molecular flexibility index (Phi) is 5.43. The van der Waals surface area contributed by atoms with Gasteiger partial charge in [0, 0.05) is 24.6 Å². The Morgan fingerprint density at radius 2 is 2.21 bits per heavy atom. The zero-order valence-corrected chi connectivity index (χ0v) is 12.9. The Hall–Kier alpha value is -2.16. The van der Waals surface area contributed by atoms with Crippen molar-refractivity contribution < 1.29 is 27.6 Å². The third kappa shape index (κ3) is 4.02. The van der Waals surface area contributed by atoms with Gasteiger partial charge >= 0.3 is 6.18 Å². The van der Waals surface area contributed by atoms with Crippen molar-refractivity contribution in [3.8, 4) is 0 Å². The topological polar surface area (TPSA) is 81.5 Å². The Labute approximate surface area is 136 Å². The normalized spacial score (nSPS) is 19.1. The second kappa shape index (κ2) is 7.16. The third-order valence-electron chi connectivity index (χ3n) is 4.06. The van der Waals surface area contributed by atoms with Gasteiger partial charge in [-0.3, -0.25) is 14.9 Å². The molecule has 0 radical (unpaired) electrons. The van der Waals surface area contributed by atoms with Gasteiger partial charge in [-0.1, -0.05) is 6.92 Å². The minimum absolute atomic E-state index is 0.0902. The fourth-order valence-corrected chi connectivity index (χ4v) is 2.72. The van der Waals surface area contributed by atoms with E-state index in [4.69, 9.17) is 4.74 Å².